The van der Waals surface area contributed by atoms with E-state index in [1.54, 1.807) is 19.1 Å². The van der Waals surface area contributed by atoms with Crippen LogP contribution < -0.4 is 0 Å². The molecule has 114 valence electrons. The minimum Gasteiger partial charge on any atom is -0.385 e. The van der Waals surface area contributed by atoms with Crippen LogP contribution in [0, 0.1) is 18.7 Å². The Morgan fingerprint density at radius 2 is 2.10 bits per heavy atom. The molecule has 0 radical (unpaired) electrons. The predicted octanol–water partition coefficient (Wildman–Crippen LogP) is 5.03. The quantitative estimate of drug-likeness (QED) is 0.697. The van der Waals surface area contributed by atoms with Crippen LogP contribution in [0.25, 0.3) is 0 Å². The molecule has 0 bridgehead atoms. The van der Waals surface area contributed by atoms with E-state index in [0.29, 0.717) is 12.0 Å². The first-order chi connectivity index (χ1) is 10.0. The van der Waals surface area contributed by atoms with Crippen LogP contribution in [0.15, 0.2) is 42.5 Å². The van der Waals surface area contributed by atoms with Crippen molar-refractivity contribution >= 4 is 0 Å². The van der Waals surface area contributed by atoms with Crippen molar-refractivity contribution in [1.82, 2.24) is 0 Å². The number of aliphatic hydroxyl groups is 1. The fourth-order valence-corrected chi connectivity index (χ4v) is 2.60. The molecule has 0 heterocycles. The molecule has 1 saturated carbocycles. The molecular weight excluding hydrogens is 263 g/mol. The van der Waals surface area contributed by atoms with Gasteiger partial charge in [-0.25, -0.2) is 4.39 Å². The average molecular weight is 288 g/mol. The van der Waals surface area contributed by atoms with Crippen LogP contribution in [0.2, 0.25) is 0 Å². The second-order valence-electron chi connectivity index (χ2n) is 6.14. The lowest BCUT2D eigenvalue weighted by Crippen LogP contribution is -2.25. The molecule has 0 aromatic heterocycles. The average Bonchev–Trinajstić information content (AvgIpc) is 3.29. The third-order valence-corrected chi connectivity index (χ3v) is 4.25. The zero-order valence-corrected chi connectivity index (χ0v) is 13.0. The molecule has 1 aromatic carbocycles. The molecule has 2 heteroatoms. The molecular formula is C19H25FO. The summed E-state index contributed by atoms with van der Waals surface area (Å²) in [5, 5.41) is 11.1. The third-order valence-electron chi connectivity index (χ3n) is 4.25. The van der Waals surface area contributed by atoms with E-state index >= 15 is 0 Å². The van der Waals surface area contributed by atoms with Crippen molar-refractivity contribution in [3.63, 3.8) is 0 Å². The van der Waals surface area contributed by atoms with Gasteiger partial charge in [-0.15, -0.1) is 0 Å². The monoisotopic (exact) mass is 288 g/mol. The number of hydrogen-bond acceptors (Lipinski definition) is 1. The van der Waals surface area contributed by atoms with Crippen molar-refractivity contribution in [2.45, 2.75) is 51.6 Å². The number of halogens is 1. The SMILES string of the molecule is C/C=C\C=C/CC(O)(CCC1CC1)c1ccc(F)c(C)c1. The Balaban J connectivity index is 2.17. The van der Waals surface area contributed by atoms with E-state index in [2.05, 4.69) is 0 Å². The van der Waals surface area contributed by atoms with E-state index in [1.165, 1.54) is 18.9 Å². The molecule has 2 rings (SSSR count). The van der Waals surface area contributed by atoms with Gasteiger partial charge in [-0.2, -0.15) is 0 Å². The fourth-order valence-electron chi connectivity index (χ4n) is 2.60. The number of aryl methyl sites for hydroxylation is 1. The summed E-state index contributed by atoms with van der Waals surface area (Å²) in [5.41, 5.74) is 0.529. The number of allylic oxidation sites excluding steroid dienone is 3. The van der Waals surface area contributed by atoms with Gasteiger partial charge in [0.15, 0.2) is 0 Å². The van der Waals surface area contributed by atoms with Crippen LogP contribution >= 0.6 is 0 Å². The fraction of sp³-hybridized carbons (Fsp3) is 0.474. The summed E-state index contributed by atoms with van der Waals surface area (Å²) in [6.45, 7) is 3.71. The summed E-state index contributed by atoms with van der Waals surface area (Å²) in [5.74, 6) is 0.560. The molecule has 1 nitrogen and oxygen atoms in total. The van der Waals surface area contributed by atoms with E-state index in [-0.39, 0.29) is 5.82 Å². The van der Waals surface area contributed by atoms with E-state index in [1.807, 2.05) is 31.2 Å². The van der Waals surface area contributed by atoms with Gasteiger partial charge >= 0.3 is 0 Å². The molecule has 0 saturated heterocycles. The highest BCUT2D eigenvalue weighted by molar-refractivity contribution is 5.29. The Bertz CT molecular complexity index is 528. The first kappa shape index (κ1) is 16.0. The van der Waals surface area contributed by atoms with Crippen LogP contribution in [0.1, 0.15) is 50.2 Å². The summed E-state index contributed by atoms with van der Waals surface area (Å²) in [7, 11) is 0. The molecule has 21 heavy (non-hydrogen) atoms. The van der Waals surface area contributed by atoms with Crippen LogP contribution in [-0.4, -0.2) is 5.11 Å². The molecule has 0 spiro atoms. The normalized spacial score (nSPS) is 18.5. The third kappa shape index (κ3) is 4.53. The second kappa shape index (κ2) is 7.04. The Morgan fingerprint density at radius 1 is 1.33 bits per heavy atom. The Hall–Kier alpha value is -1.41. The Kier molecular flexibility index (Phi) is 5.35. The van der Waals surface area contributed by atoms with Gasteiger partial charge in [-0.3, -0.25) is 0 Å². The Labute approximate surface area is 127 Å². The maximum absolute atomic E-state index is 13.5. The van der Waals surface area contributed by atoms with Gasteiger partial charge in [0.2, 0.25) is 0 Å². The van der Waals surface area contributed by atoms with Gasteiger partial charge in [0.05, 0.1) is 5.60 Å². The van der Waals surface area contributed by atoms with Gasteiger partial charge in [0.1, 0.15) is 5.82 Å². The molecule has 1 N–H and O–H groups in total. The van der Waals surface area contributed by atoms with Gasteiger partial charge in [-0.1, -0.05) is 49.3 Å². The highest BCUT2D eigenvalue weighted by atomic mass is 19.1. The van der Waals surface area contributed by atoms with Crippen LogP contribution in [-0.2, 0) is 5.60 Å². The maximum Gasteiger partial charge on any atom is 0.126 e. The number of hydrogen-bond donors (Lipinski definition) is 1. The van der Waals surface area contributed by atoms with Gasteiger partial charge in [0.25, 0.3) is 0 Å². The van der Waals surface area contributed by atoms with E-state index in [9.17, 15) is 9.50 Å². The first-order valence-corrected chi connectivity index (χ1v) is 7.82. The number of benzene rings is 1. The standard InChI is InChI=1S/C19H25FO/c1-3-4-5-6-12-19(21,13-11-16-7-8-16)17-9-10-18(20)15(2)14-17/h3-6,9-10,14,16,21H,7-8,11-13H2,1-2H3/b4-3-,6-5-. The molecule has 1 fully saturated rings. The van der Waals surface area contributed by atoms with Crippen molar-refractivity contribution in [2.75, 3.05) is 0 Å². The Morgan fingerprint density at radius 3 is 2.71 bits per heavy atom. The van der Waals surface area contributed by atoms with Gasteiger partial charge < -0.3 is 5.11 Å². The lowest BCUT2D eigenvalue weighted by Gasteiger charge is -2.28. The van der Waals surface area contributed by atoms with Crippen LogP contribution in [0.3, 0.4) is 0 Å². The zero-order valence-electron chi connectivity index (χ0n) is 13.0. The van der Waals surface area contributed by atoms with Gasteiger partial charge in [-0.05, 0) is 56.2 Å². The van der Waals surface area contributed by atoms with E-state index in [4.69, 9.17) is 0 Å². The largest absolute Gasteiger partial charge is 0.385 e. The lowest BCUT2D eigenvalue weighted by molar-refractivity contribution is 0.0267. The minimum atomic E-state index is -0.890. The summed E-state index contributed by atoms with van der Waals surface area (Å²) >= 11 is 0. The smallest absolute Gasteiger partial charge is 0.126 e. The highest BCUT2D eigenvalue weighted by Crippen LogP contribution is 2.39. The van der Waals surface area contributed by atoms with Crippen LogP contribution in [0.5, 0.6) is 0 Å². The lowest BCUT2D eigenvalue weighted by atomic mass is 9.84. The molecule has 0 aliphatic heterocycles. The summed E-state index contributed by atoms with van der Waals surface area (Å²) in [6.07, 6.45) is 12.8. The topological polar surface area (TPSA) is 20.2 Å². The highest BCUT2D eigenvalue weighted by Gasteiger charge is 2.31. The van der Waals surface area contributed by atoms with Crippen molar-refractivity contribution < 1.29 is 9.50 Å². The van der Waals surface area contributed by atoms with E-state index < -0.39 is 5.60 Å². The molecule has 1 unspecified atom stereocenters. The van der Waals surface area contributed by atoms with Gasteiger partial charge in [0, 0.05) is 0 Å². The summed E-state index contributed by atoms with van der Waals surface area (Å²) in [4.78, 5) is 0. The van der Waals surface area contributed by atoms with E-state index in [0.717, 1.165) is 24.3 Å². The zero-order chi connectivity index (χ0) is 15.3. The summed E-state index contributed by atoms with van der Waals surface area (Å²) < 4.78 is 13.5. The molecule has 1 atom stereocenters. The second-order valence-corrected chi connectivity index (χ2v) is 6.14. The summed E-state index contributed by atoms with van der Waals surface area (Å²) in [6, 6.07) is 4.97. The maximum atomic E-state index is 13.5. The minimum absolute atomic E-state index is 0.215. The van der Waals surface area contributed by atoms with Crippen LogP contribution in [0.4, 0.5) is 4.39 Å². The van der Waals surface area contributed by atoms with Crippen molar-refractivity contribution in [1.29, 1.82) is 0 Å². The van der Waals surface area contributed by atoms with Crippen molar-refractivity contribution in [3.05, 3.63) is 59.4 Å². The van der Waals surface area contributed by atoms with Crippen molar-refractivity contribution in [2.24, 2.45) is 5.92 Å². The molecule has 1 aliphatic rings. The number of rotatable bonds is 7. The van der Waals surface area contributed by atoms with Crippen molar-refractivity contribution in [3.8, 4) is 0 Å². The molecule has 0 amide bonds. The molecule has 1 aliphatic carbocycles. The predicted molar refractivity (Wildman–Crippen MR) is 85.6 cm³/mol. The molecule has 1 aromatic rings. The first-order valence-electron chi connectivity index (χ1n) is 7.82.